The van der Waals surface area contributed by atoms with Gasteiger partial charge in [-0.25, -0.2) is 4.63 Å². The van der Waals surface area contributed by atoms with Gasteiger partial charge in [0.15, 0.2) is 5.69 Å². The zero-order chi connectivity index (χ0) is 20.3. The summed E-state index contributed by atoms with van der Waals surface area (Å²) >= 11 is 0. The van der Waals surface area contributed by atoms with Gasteiger partial charge in [0.05, 0.1) is 18.6 Å². The monoisotopic (exact) mass is 404 g/mol. The van der Waals surface area contributed by atoms with Crippen LogP contribution in [0.5, 0.6) is 0 Å². The summed E-state index contributed by atoms with van der Waals surface area (Å²) in [5, 5.41) is 7.44. The Balaban J connectivity index is 1.35. The van der Waals surface area contributed by atoms with Crippen LogP contribution >= 0.6 is 0 Å². The molecule has 8 nitrogen and oxygen atoms in total. The van der Waals surface area contributed by atoms with Gasteiger partial charge in [0.2, 0.25) is 5.91 Å². The number of ether oxygens (including phenoxy) is 1. The smallest absolute Gasteiger partial charge is 0.278 e. The molecule has 2 saturated heterocycles. The number of amides is 2. The minimum atomic E-state index is -0.341. The Bertz CT molecular complexity index is 720. The van der Waals surface area contributed by atoms with Gasteiger partial charge in [0.1, 0.15) is 5.69 Å². The Labute approximate surface area is 171 Å². The minimum Gasteiger partial charge on any atom is -0.372 e. The van der Waals surface area contributed by atoms with E-state index < -0.39 is 0 Å². The molecule has 1 spiro atoms. The van der Waals surface area contributed by atoms with Gasteiger partial charge in [-0.2, -0.15) is 0 Å². The van der Waals surface area contributed by atoms with Crippen LogP contribution in [0.15, 0.2) is 4.63 Å². The molecule has 1 aromatic rings. The standard InChI is InChI=1S/C21H32N4O4/c1-16-19(23-29-22-16)20(27)24-12-9-21(10-13-24)15-25(18(26)8-14-28-21)11-7-17-5-3-2-4-6-17/h17H,2-15H2,1H3. The number of piperidine rings is 1. The third kappa shape index (κ3) is 4.63. The first-order valence-corrected chi connectivity index (χ1v) is 11.1. The SMILES string of the molecule is Cc1nonc1C(=O)N1CCC2(CC1)CN(CCC1CCCCC1)C(=O)CCO2. The highest BCUT2D eigenvalue weighted by atomic mass is 16.6. The van der Waals surface area contributed by atoms with E-state index in [0.717, 1.165) is 31.7 Å². The number of carbonyl (C=O) groups is 2. The summed E-state index contributed by atoms with van der Waals surface area (Å²) in [5.74, 6) is 0.827. The van der Waals surface area contributed by atoms with Crippen molar-refractivity contribution in [1.82, 2.24) is 20.1 Å². The van der Waals surface area contributed by atoms with Crippen LogP contribution in [0, 0.1) is 12.8 Å². The molecule has 4 rings (SSSR count). The summed E-state index contributed by atoms with van der Waals surface area (Å²) in [6, 6.07) is 0. The Hall–Kier alpha value is -1.96. The molecular weight excluding hydrogens is 372 g/mol. The van der Waals surface area contributed by atoms with Gasteiger partial charge in [0.25, 0.3) is 5.91 Å². The molecule has 0 atom stereocenters. The predicted octanol–water partition coefficient (Wildman–Crippen LogP) is 2.57. The van der Waals surface area contributed by atoms with Crippen LogP contribution in [-0.4, -0.2) is 70.3 Å². The van der Waals surface area contributed by atoms with E-state index in [4.69, 9.17) is 4.74 Å². The van der Waals surface area contributed by atoms with E-state index in [1.165, 1.54) is 32.1 Å². The average Bonchev–Trinajstić information content (AvgIpc) is 3.11. The lowest BCUT2D eigenvalue weighted by molar-refractivity contribution is -0.132. The fourth-order valence-corrected chi connectivity index (χ4v) is 5.01. The quantitative estimate of drug-likeness (QED) is 0.766. The van der Waals surface area contributed by atoms with Crippen LogP contribution in [-0.2, 0) is 9.53 Å². The fourth-order valence-electron chi connectivity index (χ4n) is 5.01. The number of hydrogen-bond acceptors (Lipinski definition) is 6. The highest BCUT2D eigenvalue weighted by molar-refractivity contribution is 5.93. The lowest BCUT2D eigenvalue weighted by atomic mass is 9.86. The summed E-state index contributed by atoms with van der Waals surface area (Å²) in [6.45, 7) is 4.86. The molecule has 1 aliphatic carbocycles. The zero-order valence-electron chi connectivity index (χ0n) is 17.4. The number of carbonyl (C=O) groups excluding carboxylic acids is 2. The second-order valence-corrected chi connectivity index (χ2v) is 8.88. The molecule has 0 aromatic carbocycles. The molecule has 2 amide bonds. The van der Waals surface area contributed by atoms with E-state index in [0.29, 0.717) is 38.4 Å². The third-order valence-corrected chi connectivity index (χ3v) is 6.90. The molecule has 0 N–H and O–H groups in total. The Morgan fingerprint density at radius 2 is 1.93 bits per heavy atom. The van der Waals surface area contributed by atoms with E-state index >= 15 is 0 Å². The van der Waals surface area contributed by atoms with Gasteiger partial charge in [-0.15, -0.1) is 0 Å². The van der Waals surface area contributed by atoms with Crippen LogP contribution < -0.4 is 0 Å². The van der Waals surface area contributed by atoms with E-state index in [9.17, 15) is 9.59 Å². The number of aryl methyl sites for hydroxylation is 1. The molecule has 2 aliphatic heterocycles. The maximum Gasteiger partial charge on any atom is 0.278 e. The maximum atomic E-state index is 12.7. The van der Waals surface area contributed by atoms with Crippen molar-refractivity contribution >= 4 is 11.8 Å². The van der Waals surface area contributed by atoms with E-state index in [2.05, 4.69) is 14.9 Å². The van der Waals surface area contributed by atoms with Crippen LogP contribution in [0.4, 0.5) is 0 Å². The van der Waals surface area contributed by atoms with E-state index in [1.54, 1.807) is 11.8 Å². The molecule has 8 heteroatoms. The Morgan fingerprint density at radius 1 is 1.17 bits per heavy atom. The largest absolute Gasteiger partial charge is 0.372 e. The van der Waals surface area contributed by atoms with Gasteiger partial charge < -0.3 is 14.5 Å². The lowest BCUT2D eigenvalue weighted by Crippen LogP contribution is -2.53. The molecule has 0 radical (unpaired) electrons. The van der Waals surface area contributed by atoms with Gasteiger partial charge in [-0.05, 0) is 37.3 Å². The first-order chi connectivity index (χ1) is 14.1. The summed E-state index contributed by atoms with van der Waals surface area (Å²) in [4.78, 5) is 29.1. The highest BCUT2D eigenvalue weighted by Crippen LogP contribution is 2.32. The molecule has 3 aliphatic rings. The van der Waals surface area contributed by atoms with Crippen LogP contribution in [0.25, 0.3) is 0 Å². The Morgan fingerprint density at radius 3 is 2.62 bits per heavy atom. The van der Waals surface area contributed by atoms with Crippen LogP contribution in [0.3, 0.4) is 0 Å². The first kappa shape index (κ1) is 20.3. The number of nitrogens with zero attached hydrogens (tertiary/aromatic N) is 4. The maximum absolute atomic E-state index is 12.7. The number of likely N-dealkylation sites (tertiary alicyclic amines) is 1. The second-order valence-electron chi connectivity index (χ2n) is 8.88. The van der Waals surface area contributed by atoms with Crippen molar-refractivity contribution in [3.8, 4) is 0 Å². The van der Waals surface area contributed by atoms with Gasteiger partial charge in [-0.3, -0.25) is 9.59 Å². The van der Waals surface area contributed by atoms with Crippen molar-refractivity contribution in [3.05, 3.63) is 11.4 Å². The van der Waals surface area contributed by atoms with Crippen molar-refractivity contribution in [2.24, 2.45) is 5.92 Å². The van der Waals surface area contributed by atoms with Crippen molar-refractivity contribution in [1.29, 1.82) is 0 Å². The van der Waals surface area contributed by atoms with Crippen molar-refractivity contribution in [3.63, 3.8) is 0 Å². The summed E-state index contributed by atoms with van der Waals surface area (Å²) in [5.41, 5.74) is 0.458. The normalized spacial score (nSPS) is 23.4. The van der Waals surface area contributed by atoms with Gasteiger partial charge >= 0.3 is 0 Å². The summed E-state index contributed by atoms with van der Waals surface area (Å²) in [6.07, 6.45) is 9.64. The average molecular weight is 405 g/mol. The van der Waals surface area contributed by atoms with Crippen molar-refractivity contribution in [2.45, 2.75) is 70.3 Å². The van der Waals surface area contributed by atoms with Gasteiger partial charge in [0, 0.05) is 26.2 Å². The predicted molar refractivity (Wildman–Crippen MR) is 105 cm³/mol. The number of aromatic nitrogens is 2. The molecule has 3 heterocycles. The topological polar surface area (TPSA) is 88.8 Å². The van der Waals surface area contributed by atoms with Crippen molar-refractivity contribution in [2.75, 3.05) is 32.8 Å². The molecule has 160 valence electrons. The molecule has 3 fully saturated rings. The fraction of sp³-hybridized carbons (Fsp3) is 0.810. The minimum absolute atomic E-state index is 0.141. The molecule has 1 saturated carbocycles. The Kier molecular flexibility index (Phi) is 6.18. The van der Waals surface area contributed by atoms with Crippen LogP contribution in [0.2, 0.25) is 0 Å². The first-order valence-electron chi connectivity index (χ1n) is 11.1. The lowest BCUT2D eigenvalue weighted by Gasteiger charge is -2.42. The zero-order valence-corrected chi connectivity index (χ0v) is 17.4. The molecule has 0 unspecified atom stereocenters. The summed E-state index contributed by atoms with van der Waals surface area (Å²) in [7, 11) is 0. The van der Waals surface area contributed by atoms with E-state index in [1.807, 2.05) is 4.90 Å². The second kappa shape index (κ2) is 8.81. The third-order valence-electron chi connectivity index (χ3n) is 6.90. The number of rotatable bonds is 4. The highest BCUT2D eigenvalue weighted by Gasteiger charge is 2.41. The molecule has 29 heavy (non-hydrogen) atoms. The van der Waals surface area contributed by atoms with E-state index in [-0.39, 0.29) is 23.1 Å². The van der Waals surface area contributed by atoms with Crippen molar-refractivity contribution < 1.29 is 19.0 Å². The molecular formula is C21H32N4O4. The van der Waals surface area contributed by atoms with Crippen LogP contribution in [0.1, 0.15) is 74.0 Å². The molecule has 0 bridgehead atoms. The molecule has 1 aromatic heterocycles. The number of hydrogen-bond donors (Lipinski definition) is 0. The van der Waals surface area contributed by atoms with Gasteiger partial charge in [-0.1, -0.05) is 37.3 Å². The summed E-state index contributed by atoms with van der Waals surface area (Å²) < 4.78 is 10.9.